The number of benzene rings is 2. The molecule has 2 aromatic rings. The maximum atomic E-state index is 13.5. The molecule has 0 aliphatic heterocycles. The lowest BCUT2D eigenvalue weighted by Gasteiger charge is -2.11. The minimum Gasteiger partial charge on any atom is -0.406 e. The molecule has 0 fully saturated rings. The summed E-state index contributed by atoms with van der Waals surface area (Å²) in [6.45, 7) is 0.140. The number of halogens is 4. The van der Waals surface area contributed by atoms with Gasteiger partial charge in [0.25, 0.3) is 0 Å². The Morgan fingerprint density at radius 3 is 2.38 bits per heavy atom. The molecule has 2 rings (SSSR count). The van der Waals surface area contributed by atoms with E-state index in [2.05, 4.69) is 15.0 Å². The zero-order valence-electron chi connectivity index (χ0n) is 15.3. The summed E-state index contributed by atoms with van der Waals surface area (Å²) in [6, 6.07) is 8.92. The Balaban J connectivity index is 1.98. The topological polar surface area (TPSA) is 93.8 Å². The summed E-state index contributed by atoms with van der Waals surface area (Å²) >= 11 is 0. The van der Waals surface area contributed by atoms with Crippen LogP contribution in [-0.4, -0.2) is 27.0 Å². The number of nitrogens with two attached hydrogens (primary N) is 1. The number of rotatable bonds is 7. The van der Waals surface area contributed by atoms with Crippen molar-refractivity contribution in [1.29, 1.82) is 0 Å². The first kappa shape index (κ1) is 22.5. The van der Waals surface area contributed by atoms with E-state index in [9.17, 15) is 26.0 Å². The van der Waals surface area contributed by atoms with Crippen molar-refractivity contribution in [3.05, 3.63) is 65.0 Å². The first-order valence-electron chi connectivity index (χ1n) is 8.25. The predicted molar refractivity (Wildman–Crippen MR) is 100 cm³/mol. The summed E-state index contributed by atoms with van der Waals surface area (Å²) in [5, 5.41) is 2.76. The van der Waals surface area contributed by atoms with E-state index in [1.807, 2.05) is 0 Å². The molecule has 0 heterocycles. The van der Waals surface area contributed by atoms with Crippen molar-refractivity contribution in [2.75, 3.05) is 6.26 Å². The molecule has 0 amide bonds. The van der Waals surface area contributed by atoms with Gasteiger partial charge in [-0.25, -0.2) is 17.8 Å². The number of aliphatic imine (C=N–C) groups is 1. The number of alkyl halides is 3. The van der Waals surface area contributed by atoms with Crippen LogP contribution in [0.25, 0.3) is 0 Å². The summed E-state index contributed by atoms with van der Waals surface area (Å²) in [6.07, 6.45) is -3.69. The van der Waals surface area contributed by atoms with Gasteiger partial charge in [0.05, 0.1) is 12.3 Å². The molecule has 0 aliphatic rings. The van der Waals surface area contributed by atoms with Crippen LogP contribution < -0.4 is 15.8 Å². The van der Waals surface area contributed by atoms with Gasteiger partial charge >= 0.3 is 6.36 Å². The van der Waals surface area contributed by atoms with Crippen molar-refractivity contribution >= 4 is 15.8 Å². The van der Waals surface area contributed by atoms with Crippen LogP contribution in [-0.2, 0) is 28.7 Å². The van der Waals surface area contributed by atoms with E-state index in [4.69, 9.17) is 5.73 Å². The van der Waals surface area contributed by atoms with Gasteiger partial charge in [-0.3, -0.25) is 0 Å². The molecule has 29 heavy (non-hydrogen) atoms. The van der Waals surface area contributed by atoms with Gasteiger partial charge in [-0.2, -0.15) is 0 Å². The maximum Gasteiger partial charge on any atom is 0.573 e. The third-order valence-electron chi connectivity index (χ3n) is 3.63. The third-order valence-corrected chi connectivity index (χ3v) is 4.47. The Kier molecular flexibility index (Phi) is 7.07. The number of ether oxygens (including phenoxy) is 1. The smallest absolute Gasteiger partial charge is 0.406 e. The van der Waals surface area contributed by atoms with Crippen LogP contribution in [0.2, 0.25) is 0 Å². The Hall–Kier alpha value is -2.82. The van der Waals surface area contributed by atoms with Gasteiger partial charge in [0, 0.05) is 12.8 Å². The average Bonchev–Trinajstić information content (AvgIpc) is 2.59. The van der Waals surface area contributed by atoms with Gasteiger partial charge in [0.2, 0.25) is 0 Å². The highest BCUT2D eigenvalue weighted by atomic mass is 32.2. The number of guanidine groups is 1. The highest BCUT2D eigenvalue weighted by molar-refractivity contribution is 7.89. The number of hydrogen-bond acceptors (Lipinski definition) is 4. The minimum atomic E-state index is -4.76. The van der Waals surface area contributed by atoms with Crippen molar-refractivity contribution in [3.8, 4) is 5.75 Å². The average molecular weight is 433 g/mol. The zero-order valence-corrected chi connectivity index (χ0v) is 16.1. The summed E-state index contributed by atoms with van der Waals surface area (Å²) in [5.41, 5.74) is 7.20. The summed E-state index contributed by atoms with van der Waals surface area (Å²) in [7, 11) is -3.30. The normalized spacial score (nSPS) is 12.7. The third kappa shape index (κ3) is 8.38. The SMILES string of the molecule is CS(=O)(=O)Cc1ccc(F)cc1CNC(N)=NCc1ccc(OC(F)(F)F)cc1. The number of hydrogen-bond donors (Lipinski definition) is 2. The number of sulfone groups is 1. The fraction of sp³-hybridized carbons (Fsp3) is 0.278. The second kappa shape index (κ2) is 9.12. The molecular weight excluding hydrogens is 414 g/mol. The van der Waals surface area contributed by atoms with Crippen molar-refractivity contribution in [3.63, 3.8) is 0 Å². The molecule has 0 saturated heterocycles. The first-order valence-corrected chi connectivity index (χ1v) is 10.3. The van der Waals surface area contributed by atoms with Crippen LogP contribution >= 0.6 is 0 Å². The Bertz CT molecular complexity index is 975. The van der Waals surface area contributed by atoms with Gasteiger partial charge < -0.3 is 15.8 Å². The molecule has 0 unspecified atom stereocenters. The Morgan fingerprint density at radius 2 is 1.79 bits per heavy atom. The monoisotopic (exact) mass is 433 g/mol. The molecule has 0 saturated carbocycles. The largest absolute Gasteiger partial charge is 0.573 e. The highest BCUT2D eigenvalue weighted by Crippen LogP contribution is 2.22. The van der Waals surface area contributed by atoms with Crippen molar-refractivity contribution in [1.82, 2.24) is 5.32 Å². The molecule has 158 valence electrons. The fourth-order valence-electron chi connectivity index (χ4n) is 2.40. The van der Waals surface area contributed by atoms with Crippen LogP contribution in [0.15, 0.2) is 47.5 Å². The molecule has 6 nitrogen and oxygen atoms in total. The maximum absolute atomic E-state index is 13.5. The summed E-state index contributed by atoms with van der Waals surface area (Å²) in [4.78, 5) is 4.05. The van der Waals surface area contributed by atoms with Gasteiger partial charge in [-0.05, 0) is 41.0 Å². The molecule has 11 heteroatoms. The first-order chi connectivity index (χ1) is 13.4. The molecule has 0 aromatic heterocycles. The van der Waals surface area contributed by atoms with E-state index in [1.165, 1.54) is 30.3 Å². The van der Waals surface area contributed by atoms with E-state index in [-0.39, 0.29) is 30.6 Å². The van der Waals surface area contributed by atoms with E-state index >= 15 is 0 Å². The lowest BCUT2D eigenvalue weighted by molar-refractivity contribution is -0.274. The summed E-state index contributed by atoms with van der Waals surface area (Å²) < 4.78 is 76.7. The van der Waals surface area contributed by atoms with Crippen LogP contribution in [0.1, 0.15) is 16.7 Å². The van der Waals surface area contributed by atoms with E-state index in [0.29, 0.717) is 16.7 Å². The van der Waals surface area contributed by atoms with Gasteiger partial charge in [-0.15, -0.1) is 13.2 Å². The van der Waals surface area contributed by atoms with Gasteiger partial charge in [0.1, 0.15) is 11.6 Å². The van der Waals surface area contributed by atoms with Crippen molar-refractivity contribution in [2.45, 2.75) is 25.2 Å². The van der Waals surface area contributed by atoms with E-state index in [0.717, 1.165) is 18.4 Å². The standard InChI is InChI=1S/C18H19F4N3O3S/c1-29(26,27)11-13-4-5-15(19)8-14(13)10-25-17(23)24-9-12-2-6-16(7-3-12)28-18(20,21)22/h2-8H,9-11H2,1H3,(H3,23,24,25). The molecule has 0 radical (unpaired) electrons. The molecule has 2 aromatic carbocycles. The number of nitrogens with zero attached hydrogens (tertiary/aromatic N) is 1. The second-order valence-electron chi connectivity index (χ2n) is 6.23. The van der Waals surface area contributed by atoms with Crippen molar-refractivity contribution in [2.24, 2.45) is 10.7 Å². The van der Waals surface area contributed by atoms with Gasteiger partial charge in [-0.1, -0.05) is 18.2 Å². The molecule has 3 N–H and O–H groups in total. The fourth-order valence-corrected chi connectivity index (χ4v) is 3.24. The zero-order chi connectivity index (χ0) is 21.7. The molecular formula is C18H19F4N3O3S. The molecule has 0 aliphatic carbocycles. The number of nitrogens with one attached hydrogen (secondary N) is 1. The summed E-state index contributed by atoms with van der Waals surface area (Å²) in [5.74, 6) is -1.10. The second-order valence-corrected chi connectivity index (χ2v) is 8.37. The minimum absolute atomic E-state index is 0.00943. The van der Waals surface area contributed by atoms with Crippen molar-refractivity contribution < 1.29 is 30.7 Å². The van der Waals surface area contributed by atoms with Crippen LogP contribution in [0.5, 0.6) is 5.75 Å². The Labute approximate surface area is 165 Å². The van der Waals surface area contributed by atoms with Crippen LogP contribution in [0.3, 0.4) is 0 Å². The van der Waals surface area contributed by atoms with E-state index in [1.54, 1.807) is 0 Å². The molecule has 0 bridgehead atoms. The lowest BCUT2D eigenvalue weighted by atomic mass is 10.1. The lowest BCUT2D eigenvalue weighted by Crippen LogP contribution is -2.31. The van der Waals surface area contributed by atoms with E-state index < -0.39 is 22.0 Å². The van der Waals surface area contributed by atoms with Gasteiger partial charge in [0.15, 0.2) is 15.8 Å². The highest BCUT2D eigenvalue weighted by Gasteiger charge is 2.30. The Morgan fingerprint density at radius 1 is 1.14 bits per heavy atom. The van der Waals surface area contributed by atoms with Crippen LogP contribution in [0, 0.1) is 5.82 Å². The quantitative estimate of drug-likeness (QED) is 0.398. The molecule has 0 spiro atoms. The molecule has 0 atom stereocenters. The predicted octanol–water partition coefficient (Wildman–Crippen LogP) is 2.87. The van der Waals surface area contributed by atoms with Crippen LogP contribution in [0.4, 0.5) is 17.6 Å².